The normalized spacial score (nSPS) is 24.8. The SMILES string of the molecule is CCc1ccc(C(C)NC2CCC(C(F)(F)F)CC2)cc1. The molecule has 21 heavy (non-hydrogen) atoms. The Bertz CT molecular complexity index is 430. The molecule has 0 bridgehead atoms. The summed E-state index contributed by atoms with van der Waals surface area (Å²) in [5, 5.41) is 3.48. The van der Waals surface area contributed by atoms with E-state index in [-0.39, 0.29) is 24.9 Å². The maximum atomic E-state index is 12.6. The van der Waals surface area contributed by atoms with Gasteiger partial charge in [0.15, 0.2) is 0 Å². The van der Waals surface area contributed by atoms with E-state index in [0.29, 0.717) is 12.8 Å². The van der Waals surface area contributed by atoms with Crippen LogP contribution < -0.4 is 5.32 Å². The molecule has 0 radical (unpaired) electrons. The predicted molar refractivity (Wildman–Crippen MR) is 79.2 cm³/mol. The van der Waals surface area contributed by atoms with Crippen molar-refractivity contribution in [2.75, 3.05) is 0 Å². The Morgan fingerprint density at radius 3 is 2.14 bits per heavy atom. The first-order valence-electron chi connectivity index (χ1n) is 7.81. The molecule has 1 aromatic carbocycles. The largest absolute Gasteiger partial charge is 0.391 e. The molecule has 2 rings (SSSR count). The number of hydrogen-bond acceptors (Lipinski definition) is 1. The van der Waals surface area contributed by atoms with Gasteiger partial charge < -0.3 is 5.32 Å². The van der Waals surface area contributed by atoms with Gasteiger partial charge in [-0.2, -0.15) is 13.2 Å². The van der Waals surface area contributed by atoms with E-state index in [0.717, 1.165) is 6.42 Å². The summed E-state index contributed by atoms with van der Waals surface area (Å²) in [6, 6.07) is 8.84. The van der Waals surface area contributed by atoms with Gasteiger partial charge in [-0.05, 0) is 50.2 Å². The zero-order valence-electron chi connectivity index (χ0n) is 12.7. The highest BCUT2D eigenvalue weighted by Crippen LogP contribution is 2.37. The lowest BCUT2D eigenvalue weighted by atomic mass is 9.85. The Balaban J connectivity index is 1.85. The van der Waals surface area contributed by atoms with E-state index in [4.69, 9.17) is 0 Å². The van der Waals surface area contributed by atoms with Crippen molar-refractivity contribution in [2.45, 2.75) is 64.2 Å². The summed E-state index contributed by atoms with van der Waals surface area (Å²) in [5.74, 6) is -1.10. The molecule has 1 saturated carbocycles. The molecule has 1 N–H and O–H groups in total. The van der Waals surface area contributed by atoms with E-state index in [1.54, 1.807) is 0 Å². The van der Waals surface area contributed by atoms with Gasteiger partial charge in [-0.3, -0.25) is 0 Å². The molecule has 1 nitrogen and oxygen atoms in total. The second kappa shape index (κ2) is 6.82. The van der Waals surface area contributed by atoms with Gasteiger partial charge >= 0.3 is 6.18 Å². The Hall–Kier alpha value is -1.03. The first-order valence-corrected chi connectivity index (χ1v) is 7.81. The van der Waals surface area contributed by atoms with Crippen LogP contribution in [0.25, 0.3) is 0 Å². The molecule has 0 spiro atoms. The standard InChI is InChI=1S/C17H24F3N/c1-3-13-4-6-14(7-5-13)12(2)21-16-10-8-15(9-11-16)17(18,19)20/h4-7,12,15-16,21H,3,8-11H2,1-2H3. The summed E-state index contributed by atoms with van der Waals surface area (Å²) >= 11 is 0. The van der Waals surface area contributed by atoms with E-state index in [1.807, 2.05) is 0 Å². The Labute approximate surface area is 124 Å². The molecule has 0 aliphatic heterocycles. The minimum atomic E-state index is -4.02. The highest BCUT2D eigenvalue weighted by atomic mass is 19.4. The maximum absolute atomic E-state index is 12.6. The smallest absolute Gasteiger partial charge is 0.307 e. The molecule has 1 fully saturated rings. The Kier molecular flexibility index (Phi) is 5.31. The number of rotatable bonds is 4. The zero-order chi connectivity index (χ0) is 15.5. The van der Waals surface area contributed by atoms with E-state index < -0.39 is 12.1 Å². The van der Waals surface area contributed by atoms with Crippen LogP contribution in [0.15, 0.2) is 24.3 Å². The molecule has 1 aromatic rings. The van der Waals surface area contributed by atoms with Crippen LogP contribution in [0.4, 0.5) is 13.2 Å². The summed E-state index contributed by atoms with van der Waals surface area (Å²) in [6.45, 7) is 4.20. The van der Waals surface area contributed by atoms with Gasteiger partial charge in [0.1, 0.15) is 0 Å². The molecule has 0 heterocycles. The molecule has 1 atom stereocenters. The third kappa shape index (κ3) is 4.47. The van der Waals surface area contributed by atoms with Crippen LogP contribution in [0.2, 0.25) is 0 Å². The van der Waals surface area contributed by atoms with Crippen molar-refractivity contribution in [2.24, 2.45) is 5.92 Å². The second-order valence-electron chi connectivity index (χ2n) is 6.07. The Morgan fingerprint density at radius 2 is 1.67 bits per heavy atom. The minimum Gasteiger partial charge on any atom is -0.307 e. The van der Waals surface area contributed by atoms with Gasteiger partial charge in [0.2, 0.25) is 0 Å². The van der Waals surface area contributed by atoms with E-state index in [2.05, 4.69) is 43.4 Å². The van der Waals surface area contributed by atoms with Crippen LogP contribution >= 0.6 is 0 Å². The summed E-state index contributed by atoms with van der Waals surface area (Å²) in [7, 11) is 0. The van der Waals surface area contributed by atoms with Crippen molar-refractivity contribution in [3.05, 3.63) is 35.4 Å². The van der Waals surface area contributed by atoms with Crippen LogP contribution in [0.3, 0.4) is 0 Å². The van der Waals surface area contributed by atoms with Crippen molar-refractivity contribution in [3.8, 4) is 0 Å². The number of alkyl halides is 3. The molecule has 118 valence electrons. The van der Waals surface area contributed by atoms with Gasteiger partial charge in [0, 0.05) is 12.1 Å². The summed E-state index contributed by atoms with van der Waals surface area (Å²) in [5.41, 5.74) is 2.50. The summed E-state index contributed by atoms with van der Waals surface area (Å²) in [4.78, 5) is 0. The first kappa shape index (κ1) is 16.3. The second-order valence-corrected chi connectivity index (χ2v) is 6.07. The number of hydrogen-bond donors (Lipinski definition) is 1. The lowest BCUT2D eigenvalue weighted by Crippen LogP contribution is -2.38. The number of aryl methyl sites for hydroxylation is 1. The van der Waals surface area contributed by atoms with Crippen LogP contribution in [-0.4, -0.2) is 12.2 Å². The van der Waals surface area contributed by atoms with Gasteiger partial charge in [-0.15, -0.1) is 0 Å². The van der Waals surface area contributed by atoms with E-state index >= 15 is 0 Å². The van der Waals surface area contributed by atoms with E-state index in [1.165, 1.54) is 11.1 Å². The topological polar surface area (TPSA) is 12.0 Å². The van der Waals surface area contributed by atoms with Gasteiger partial charge in [-0.1, -0.05) is 31.2 Å². The molecular weight excluding hydrogens is 275 g/mol. The average Bonchev–Trinajstić information content (AvgIpc) is 2.47. The lowest BCUT2D eigenvalue weighted by molar-refractivity contribution is -0.182. The highest BCUT2D eigenvalue weighted by Gasteiger charge is 2.41. The van der Waals surface area contributed by atoms with Crippen LogP contribution in [0.5, 0.6) is 0 Å². The van der Waals surface area contributed by atoms with E-state index in [9.17, 15) is 13.2 Å². The minimum absolute atomic E-state index is 0.184. The molecule has 0 amide bonds. The fourth-order valence-corrected chi connectivity index (χ4v) is 3.08. The van der Waals surface area contributed by atoms with Crippen molar-refractivity contribution in [3.63, 3.8) is 0 Å². The van der Waals surface area contributed by atoms with Crippen LogP contribution in [0.1, 0.15) is 56.7 Å². The number of nitrogens with one attached hydrogen (secondary N) is 1. The van der Waals surface area contributed by atoms with Crippen LogP contribution in [0, 0.1) is 5.92 Å². The number of halogens is 3. The lowest BCUT2D eigenvalue weighted by Gasteiger charge is -2.32. The van der Waals surface area contributed by atoms with Crippen molar-refractivity contribution < 1.29 is 13.2 Å². The Morgan fingerprint density at radius 1 is 1.10 bits per heavy atom. The fourth-order valence-electron chi connectivity index (χ4n) is 3.08. The monoisotopic (exact) mass is 299 g/mol. The molecule has 0 aromatic heterocycles. The highest BCUT2D eigenvalue weighted by molar-refractivity contribution is 5.24. The summed E-state index contributed by atoms with van der Waals surface area (Å²) in [6.07, 6.45) is -1.27. The van der Waals surface area contributed by atoms with Gasteiger partial charge in [-0.25, -0.2) is 0 Å². The zero-order valence-corrected chi connectivity index (χ0v) is 12.7. The summed E-state index contributed by atoms with van der Waals surface area (Å²) < 4.78 is 37.9. The maximum Gasteiger partial charge on any atom is 0.391 e. The number of benzene rings is 1. The molecular formula is C17H24F3N. The molecule has 4 heteroatoms. The average molecular weight is 299 g/mol. The predicted octanol–water partition coefficient (Wildman–Crippen LogP) is 5.02. The van der Waals surface area contributed by atoms with Crippen molar-refractivity contribution >= 4 is 0 Å². The van der Waals surface area contributed by atoms with Gasteiger partial charge in [0.05, 0.1) is 5.92 Å². The third-order valence-electron chi connectivity index (χ3n) is 4.56. The third-order valence-corrected chi connectivity index (χ3v) is 4.56. The fraction of sp³-hybridized carbons (Fsp3) is 0.647. The molecule has 1 aliphatic rings. The molecule has 1 unspecified atom stereocenters. The van der Waals surface area contributed by atoms with Crippen molar-refractivity contribution in [1.82, 2.24) is 5.32 Å². The molecule has 0 saturated heterocycles. The molecule has 1 aliphatic carbocycles. The van der Waals surface area contributed by atoms with Gasteiger partial charge in [0.25, 0.3) is 0 Å². The van der Waals surface area contributed by atoms with Crippen LogP contribution in [-0.2, 0) is 6.42 Å². The van der Waals surface area contributed by atoms with Crippen molar-refractivity contribution in [1.29, 1.82) is 0 Å². The first-order chi connectivity index (χ1) is 9.90. The quantitative estimate of drug-likeness (QED) is 0.823.